The number of carbonyl (C=O) groups excluding carboxylic acids is 3. The number of imide groups is 1. The molecule has 0 aromatic heterocycles. The zero-order valence-corrected chi connectivity index (χ0v) is 21.1. The average Bonchev–Trinajstić information content (AvgIpc) is 3.16. The van der Waals surface area contributed by atoms with Gasteiger partial charge in [-0.15, -0.1) is 0 Å². The smallest absolute Gasteiger partial charge is 0.283 e. The van der Waals surface area contributed by atoms with Gasteiger partial charge in [-0.2, -0.15) is 0 Å². The van der Waals surface area contributed by atoms with Gasteiger partial charge in [-0.1, -0.05) is 47.7 Å². The van der Waals surface area contributed by atoms with Crippen LogP contribution in [0.1, 0.15) is 15.9 Å². The molecule has 188 valence electrons. The lowest BCUT2D eigenvalue weighted by Gasteiger charge is -2.15. The minimum Gasteiger partial charge on any atom is -0.350 e. The molecule has 1 aliphatic rings. The van der Waals surface area contributed by atoms with Crippen LogP contribution in [0.15, 0.2) is 119 Å². The normalized spacial score (nSPS) is 13.2. The van der Waals surface area contributed by atoms with E-state index in [1.54, 1.807) is 60.7 Å². The number of thioether (sulfide) groups is 1. The number of hydrogen-bond donors (Lipinski definition) is 2. The van der Waals surface area contributed by atoms with Crippen molar-refractivity contribution in [3.8, 4) is 0 Å². The second-order valence-corrected chi connectivity index (χ2v) is 9.65. The van der Waals surface area contributed by atoms with Crippen LogP contribution in [0, 0.1) is 12.7 Å². The monoisotopic (exact) mass is 523 g/mol. The third-order valence-electron chi connectivity index (χ3n) is 5.82. The number of hydrogen-bond acceptors (Lipinski definition) is 5. The predicted octanol–water partition coefficient (Wildman–Crippen LogP) is 6.38. The Morgan fingerprint density at radius 1 is 0.763 bits per heavy atom. The molecule has 0 atom stereocenters. The van der Waals surface area contributed by atoms with Gasteiger partial charge in [0.1, 0.15) is 16.4 Å². The molecule has 0 saturated carbocycles. The fourth-order valence-corrected chi connectivity index (χ4v) is 4.76. The van der Waals surface area contributed by atoms with Crippen LogP contribution in [-0.2, 0) is 9.59 Å². The summed E-state index contributed by atoms with van der Waals surface area (Å²) < 4.78 is 13.4. The van der Waals surface area contributed by atoms with Crippen LogP contribution in [0.5, 0.6) is 0 Å². The van der Waals surface area contributed by atoms with Crippen LogP contribution in [0.2, 0.25) is 0 Å². The number of rotatable bonds is 7. The van der Waals surface area contributed by atoms with Gasteiger partial charge in [0.2, 0.25) is 0 Å². The summed E-state index contributed by atoms with van der Waals surface area (Å²) >= 11 is 1.14. The van der Waals surface area contributed by atoms with E-state index in [2.05, 4.69) is 10.6 Å². The summed E-state index contributed by atoms with van der Waals surface area (Å²) in [6.45, 7) is 1.92. The summed E-state index contributed by atoms with van der Waals surface area (Å²) in [6.07, 6.45) is 0. The number of aryl methyl sites for hydroxylation is 1. The Morgan fingerprint density at radius 2 is 1.39 bits per heavy atom. The summed E-state index contributed by atoms with van der Waals surface area (Å²) in [5, 5.41) is 5.85. The molecule has 0 radical (unpaired) electrons. The van der Waals surface area contributed by atoms with Crippen molar-refractivity contribution < 1.29 is 18.8 Å². The van der Waals surface area contributed by atoms with Crippen LogP contribution in [0.3, 0.4) is 0 Å². The van der Waals surface area contributed by atoms with Crippen LogP contribution in [-0.4, -0.2) is 17.7 Å². The number of benzene rings is 4. The highest BCUT2D eigenvalue weighted by Crippen LogP contribution is 2.38. The molecule has 0 aliphatic carbocycles. The SMILES string of the molecule is Cc1ccc(N2C(=O)C(Nc3ccc(F)cc3)=C(Sc3ccc(NC(=O)c4ccccc4)cc3)C2=O)cc1. The highest BCUT2D eigenvalue weighted by molar-refractivity contribution is 8.04. The maximum absolute atomic E-state index is 13.5. The largest absolute Gasteiger partial charge is 0.350 e. The second kappa shape index (κ2) is 10.7. The van der Waals surface area contributed by atoms with Crippen LogP contribution in [0.4, 0.5) is 21.5 Å². The van der Waals surface area contributed by atoms with Gasteiger partial charge in [0.15, 0.2) is 0 Å². The van der Waals surface area contributed by atoms with Gasteiger partial charge < -0.3 is 10.6 Å². The van der Waals surface area contributed by atoms with Crippen molar-refractivity contribution in [3.63, 3.8) is 0 Å². The molecule has 0 fully saturated rings. The Morgan fingerprint density at radius 3 is 2.05 bits per heavy atom. The molecule has 0 saturated heterocycles. The average molecular weight is 524 g/mol. The number of amides is 3. The van der Waals surface area contributed by atoms with Gasteiger partial charge in [0, 0.05) is 21.8 Å². The number of halogens is 1. The molecular formula is C30H22FN3O3S. The topological polar surface area (TPSA) is 78.5 Å². The van der Waals surface area contributed by atoms with E-state index < -0.39 is 17.6 Å². The fourth-order valence-electron chi connectivity index (χ4n) is 3.84. The third kappa shape index (κ3) is 5.35. The van der Waals surface area contributed by atoms with Crippen molar-refractivity contribution in [2.45, 2.75) is 11.8 Å². The molecule has 0 unspecified atom stereocenters. The van der Waals surface area contributed by atoms with Crippen LogP contribution < -0.4 is 15.5 Å². The maximum atomic E-state index is 13.5. The summed E-state index contributed by atoms with van der Waals surface area (Å²) in [6, 6.07) is 28.5. The van der Waals surface area contributed by atoms with Crippen molar-refractivity contribution in [1.82, 2.24) is 0 Å². The fraction of sp³-hybridized carbons (Fsp3) is 0.0333. The molecule has 4 aromatic carbocycles. The van der Waals surface area contributed by atoms with Gasteiger partial charge in [0.25, 0.3) is 17.7 Å². The Balaban J connectivity index is 1.41. The third-order valence-corrected chi connectivity index (χ3v) is 6.91. The number of carbonyl (C=O) groups is 3. The van der Waals surface area contributed by atoms with E-state index in [9.17, 15) is 18.8 Å². The molecule has 2 N–H and O–H groups in total. The summed E-state index contributed by atoms with van der Waals surface area (Å²) in [7, 11) is 0. The first-order valence-corrected chi connectivity index (χ1v) is 12.6. The molecule has 0 spiro atoms. The zero-order valence-electron chi connectivity index (χ0n) is 20.3. The lowest BCUT2D eigenvalue weighted by atomic mass is 10.2. The first-order chi connectivity index (χ1) is 18.4. The quantitative estimate of drug-likeness (QED) is 0.275. The van der Waals surface area contributed by atoms with Crippen molar-refractivity contribution in [1.29, 1.82) is 0 Å². The van der Waals surface area contributed by atoms with E-state index in [0.29, 0.717) is 27.5 Å². The summed E-state index contributed by atoms with van der Waals surface area (Å²) in [4.78, 5) is 41.4. The Hall–Kier alpha value is -4.69. The van der Waals surface area contributed by atoms with Crippen molar-refractivity contribution in [2.75, 3.05) is 15.5 Å². The van der Waals surface area contributed by atoms with E-state index in [1.165, 1.54) is 24.3 Å². The number of nitrogens with zero attached hydrogens (tertiary/aromatic N) is 1. The van der Waals surface area contributed by atoms with Gasteiger partial charge in [-0.3, -0.25) is 14.4 Å². The standard InChI is InChI=1S/C30H22FN3O3S/c1-19-7-15-24(16-8-19)34-29(36)26(32-22-11-9-21(31)10-12-22)27(30(34)37)38-25-17-13-23(14-18-25)33-28(35)20-5-3-2-4-6-20/h2-18,32H,1H3,(H,33,35). The summed E-state index contributed by atoms with van der Waals surface area (Å²) in [5.41, 5.74) is 3.17. The van der Waals surface area contributed by atoms with E-state index in [4.69, 9.17) is 0 Å². The maximum Gasteiger partial charge on any atom is 0.283 e. The predicted molar refractivity (Wildman–Crippen MR) is 147 cm³/mol. The van der Waals surface area contributed by atoms with Gasteiger partial charge in [-0.05, 0) is 79.7 Å². The Labute approximate surface area is 223 Å². The Kier molecular flexibility index (Phi) is 7.06. The van der Waals surface area contributed by atoms with Crippen LogP contribution in [0.25, 0.3) is 0 Å². The molecule has 6 nitrogen and oxygen atoms in total. The zero-order chi connectivity index (χ0) is 26.6. The highest BCUT2D eigenvalue weighted by atomic mass is 32.2. The van der Waals surface area contributed by atoms with E-state index in [-0.39, 0.29) is 16.5 Å². The van der Waals surface area contributed by atoms with E-state index >= 15 is 0 Å². The molecule has 3 amide bonds. The van der Waals surface area contributed by atoms with E-state index in [1.807, 2.05) is 25.1 Å². The molecule has 4 aromatic rings. The first kappa shape index (κ1) is 25.0. The Bertz CT molecular complexity index is 1530. The van der Waals surface area contributed by atoms with Gasteiger partial charge >= 0.3 is 0 Å². The first-order valence-electron chi connectivity index (χ1n) is 11.8. The van der Waals surface area contributed by atoms with Crippen molar-refractivity contribution in [2.24, 2.45) is 0 Å². The van der Waals surface area contributed by atoms with Gasteiger partial charge in [-0.25, -0.2) is 9.29 Å². The molecular weight excluding hydrogens is 501 g/mol. The molecule has 38 heavy (non-hydrogen) atoms. The molecule has 1 heterocycles. The number of nitrogens with one attached hydrogen (secondary N) is 2. The van der Waals surface area contributed by atoms with E-state index in [0.717, 1.165) is 22.2 Å². The lowest BCUT2D eigenvalue weighted by Crippen LogP contribution is -2.32. The molecule has 8 heteroatoms. The summed E-state index contributed by atoms with van der Waals surface area (Å²) in [5.74, 6) is -1.61. The minimum absolute atomic E-state index is 0.105. The molecule has 0 bridgehead atoms. The molecule has 1 aliphatic heterocycles. The van der Waals surface area contributed by atoms with Crippen molar-refractivity contribution in [3.05, 3.63) is 131 Å². The molecule has 5 rings (SSSR count). The minimum atomic E-state index is -0.502. The highest BCUT2D eigenvalue weighted by Gasteiger charge is 2.40. The van der Waals surface area contributed by atoms with Crippen molar-refractivity contribution >= 4 is 46.5 Å². The van der Waals surface area contributed by atoms with Gasteiger partial charge in [0.05, 0.1) is 5.69 Å². The second-order valence-electron chi connectivity index (χ2n) is 8.56. The van der Waals surface area contributed by atoms with Crippen LogP contribution >= 0.6 is 11.8 Å². The number of anilines is 3. The lowest BCUT2D eigenvalue weighted by molar-refractivity contribution is -0.120.